The number of carbonyl (C=O) groups excluding carboxylic acids is 5. The van der Waals surface area contributed by atoms with Gasteiger partial charge in [-0.2, -0.15) is 0 Å². The monoisotopic (exact) mass is 415 g/mol. The van der Waals surface area contributed by atoms with Crippen molar-refractivity contribution in [2.45, 2.75) is 32.1 Å². The van der Waals surface area contributed by atoms with Crippen LogP contribution in [0, 0.1) is 11.8 Å². The van der Waals surface area contributed by atoms with E-state index in [0.717, 1.165) is 25.7 Å². The molecule has 9 nitrogen and oxygen atoms in total. The van der Waals surface area contributed by atoms with Crippen LogP contribution in [0.1, 0.15) is 42.5 Å². The minimum absolute atomic E-state index is 0.0182. The number of nitrogens with zero attached hydrogens (tertiary/aromatic N) is 1. The summed E-state index contributed by atoms with van der Waals surface area (Å²) in [6.07, 6.45) is 3.37. The van der Waals surface area contributed by atoms with Gasteiger partial charge in [-0.3, -0.25) is 28.9 Å². The maximum absolute atomic E-state index is 12.5. The van der Waals surface area contributed by atoms with Crippen molar-refractivity contribution in [3.63, 3.8) is 0 Å². The third-order valence-corrected chi connectivity index (χ3v) is 5.52. The van der Waals surface area contributed by atoms with E-state index >= 15 is 0 Å². The highest BCUT2D eigenvalue weighted by atomic mass is 16.5. The molecule has 160 valence electrons. The Balaban J connectivity index is 1.53. The van der Waals surface area contributed by atoms with E-state index in [1.807, 2.05) is 0 Å². The number of benzene rings is 1. The van der Waals surface area contributed by atoms with Crippen molar-refractivity contribution in [2.24, 2.45) is 11.8 Å². The number of fused-ring (bicyclic) bond motifs is 1. The minimum atomic E-state index is -0.571. The van der Waals surface area contributed by atoms with Crippen molar-refractivity contribution < 1.29 is 28.7 Å². The fraction of sp³-hybridized carbons (Fsp3) is 0.476. The molecule has 1 heterocycles. The molecule has 9 heteroatoms. The van der Waals surface area contributed by atoms with Gasteiger partial charge in [-0.1, -0.05) is 18.9 Å². The molecule has 1 aromatic rings. The van der Waals surface area contributed by atoms with Gasteiger partial charge in [0.15, 0.2) is 0 Å². The number of rotatable bonds is 7. The molecule has 1 aliphatic carbocycles. The number of nitrogens with one attached hydrogen (secondary N) is 2. The first-order chi connectivity index (χ1) is 14.4. The van der Waals surface area contributed by atoms with Gasteiger partial charge in [0.25, 0.3) is 5.91 Å². The lowest BCUT2D eigenvalue weighted by molar-refractivity contribution is -0.141. The van der Waals surface area contributed by atoms with Crippen LogP contribution in [0.3, 0.4) is 0 Å². The van der Waals surface area contributed by atoms with E-state index in [2.05, 4.69) is 15.4 Å². The Bertz CT molecular complexity index is 844. The second-order valence-corrected chi connectivity index (χ2v) is 7.46. The molecule has 3 rings (SSSR count). The van der Waals surface area contributed by atoms with E-state index in [1.165, 1.54) is 18.1 Å². The van der Waals surface area contributed by atoms with Crippen LogP contribution >= 0.6 is 0 Å². The Labute approximate surface area is 174 Å². The van der Waals surface area contributed by atoms with Gasteiger partial charge in [0, 0.05) is 24.2 Å². The number of ether oxygens (including phenoxy) is 1. The molecule has 2 unspecified atom stereocenters. The van der Waals surface area contributed by atoms with Gasteiger partial charge >= 0.3 is 5.97 Å². The van der Waals surface area contributed by atoms with Crippen LogP contribution in [0.25, 0.3) is 0 Å². The summed E-state index contributed by atoms with van der Waals surface area (Å²) >= 11 is 0. The molecule has 0 spiro atoms. The minimum Gasteiger partial charge on any atom is -0.468 e. The van der Waals surface area contributed by atoms with Crippen molar-refractivity contribution in [2.75, 3.05) is 25.5 Å². The molecule has 0 radical (unpaired) electrons. The zero-order chi connectivity index (χ0) is 21.7. The average molecular weight is 415 g/mol. The second kappa shape index (κ2) is 9.51. The Hall–Kier alpha value is -3.23. The first-order valence-corrected chi connectivity index (χ1v) is 10.0. The van der Waals surface area contributed by atoms with Crippen LogP contribution in [0.15, 0.2) is 24.3 Å². The molecule has 30 heavy (non-hydrogen) atoms. The van der Waals surface area contributed by atoms with Gasteiger partial charge in [0.1, 0.15) is 6.54 Å². The van der Waals surface area contributed by atoms with Gasteiger partial charge in [0.2, 0.25) is 17.7 Å². The summed E-state index contributed by atoms with van der Waals surface area (Å²) in [5.41, 5.74) is 0.670. The Morgan fingerprint density at radius 2 is 1.77 bits per heavy atom. The smallest absolute Gasteiger partial charge is 0.325 e. The van der Waals surface area contributed by atoms with E-state index in [9.17, 15) is 24.0 Å². The summed E-state index contributed by atoms with van der Waals surface area (Å²) in [6.45, 7) is -0.207. The normalized spacial score (nSPS) is 20.5. The van der Waals surface area contributed by atoms with Crippen LogP contribution in [0.4, 0.5) is 5.69 Å². The summed E-state index contributed by atoms with van der Waals surface area (Å²) in [5, 5.41) is 5.09. The fourth-order valence-electron chi connectivity index (χ4n) is 3.95. The topological polar surface area (TPSA) is 122 Å². The quantitative estimate of drug-likeness (QED) is 0.508. The predicted octanol–water partition coefficient (Wildman–Crippen LogP) is 1.09. The summed E-state index contributed by atoms with van der Waals surface area (Å²) in [7, 11) is 1.22. The number of hydrogen-bond donors (Lipinski definition) is 2. The zero-order valence-electron chi connectivity index (χ0n) is 16.8. The molecule has 1 aliphatic heterocycles. The summed E-state index contributed by atoms with van der Waals surface area (Å²) in [4.78, 5) is 61.7. The molecular weight excluding hydrogens is 390 g/mol. The molecule has 2 aliphatic rings. The van der Waals surface area contributed by atoms with Crippen molar-refractivity contribution in [3.05, 3.63) is 29.8 Å². The standard InChI is InChI=1S/C21H25N3O6/c1-30-18(26)12-22-19(27)13-5-4-6-14(11-13)23-17(25)9-10-24-20(28)15-7-2-3-8-16(15)21(24)29/h4-6,11,15-16H,2-3,7-10,12H2,1H3,(H,22,27)(H,23,25). The molecule has 2 fully saturated rings. The number of imide groups is 1. The van der Waals surface area contributed by atoms with Crippen LogP contribution in [0.5, 0.6) is 0 Å². The van der Waals surface area contributed by atoms with Crippen molar-refractivity contribution in [1.82, 2.24) is 10.2 Å². The molecule has 1 saturated heterocycles. The maximum atomic E-state index is 12.5. The third kappa shape index (κ3) is 4.84. The molecule has 4 amide bonds. The first-order valence-electron chi connectivity index (χ1n) is 10.0. The van der Waals surface area contributed by atoms with Gasteiger partial charge < -0.3 is 15.4 Å². The summed E-state index contributed by atoms with van der Waals surface area (Å²) < 4.78 is 4.47. The van der Waals surface area contributed by atoms with Crippen LogP contribution in [-0.4, -0.2) is 54.7 Å². The number of amides is 4. The highest BCUT2D eigenvalue weighted by Gasteiger charge is 2.47. The molecule has 1 saturated carbocycles. The number of likely N-dealkylation sites (tertiary alicyclic amines) is 1. The molecule has 0 bridgehead atoms. The number of methoxy groups -OCH3 is 1. The molecule has 2 N–H and O–H groups in total. The Morgan fingerprint density at radius 1 is 1.10 bits per heavy atom. The SMILES string of the molecule is COC(=O)CNC(=O)c1cccc(NC(=O)CCN2C(=O)C3CCCCC3C2=O)c1. The summed E-state index contributed by atoms with van der Waals surface area (Å²) in [6, 6.07) is 6.24. The third-order valence-electron chi connectivity index (χ3n) is 5.52. The Morgan fingerprint density at radius 3 is 2.40 bits per heavy atom. The van der Waals surface area contributed by atoms with Crippen LogP contribution < -0.4 is 10.6 Å². The lowest BCUT2D eigenvalue weighted by Gasteiger charge is -2.19. The average Bonchev–Trinajstić information content (AvgIpc) is 3.00. The van der Waals surface area contributed by atoms with Gasteiger partial charge in [0.05, 0.1) is 18.9 Å². The van der Waals surface area contributed by atoms with E-state index in [-0.39, 0.29) is 54.6 Å². The van der Waals surface area contributed by atoms with Crippen LogP contribution in [0.2, 0.25) is 0 Å². The van der Waals surface area contributed by atoms with E-state index < -0.39 is 11.9 Å². The van der Waals surface area contributed by atoms with Crippen molar-refractivity contribution in [3.8, 4) is 0 Å². The van der Waals surface area contributed by atoms with Crippen molar-refractivity contribution in [1.29, 1.82) is 0 Å². The van der Waals surface area contributed by atoms with Crippen LogP contribution in [-0.2, 0) is 23.9 Å². The van der Waals surface area contributed by atoms with Gasteiger partial charge in [-0.15, -0.1) is 0 Å². The molecular formula is C21H25N3O6. The second-order valence-electron chi connectivity index (χ2n) is 7.46. The van der Waals surface area contributed by atoms with Gasteiger partial charge in [-0.05, 0) is 31.0 Å². The summed E-state index contributed by atoms with van der Waals surface area (Å²) in [5.74, 6) is -2.20. The lowest BCUT2D eigenvalue weighted by atomic mass is 9.81. The molecule has 0 aromatic heterocycles. The van der Waals surface area contributed by atoms with E-state index in [1.54, 1.807) is 18.2 Å². The molecule has 2 atom stereocenters. The Kier molecular flexibility index (Phi) is 6.81. The number of hydrogen-bond acceptors (Lipinski definition) is 6. The first kappa shape index (κ1) is 21.5. The largest absolute Gasteiger partial charge is 0.468 e. The van der Waals surface area contributed by atoms with E-state index in [0.29, 0.717) is 5.69 Å². The molecule has 1 aromatic carbocycles. The highest BCUT2D eigenvalue weighted by Crippen LogP contribution is 2.37. The maximum Gasteiger partial charge on any atom is 0.325 e. The fourth-order valence-corrected chi connectivity index (χ4v) is 3.95. The van der Waals surface area contributed by atoms with Crippen molar-refractivity contribution >= 4 is 35.3 Å². The number of esters is 1. The lowest BCUT2D eigenvalue weighted by Crippen LogP contribution is -2.34. The predicted molar refractivity (Wildman–Crippen MR) is 106 cm³/mol. The number of anilines is 1. The highest BCUT2D eigenvalue weighted by molar-refractivity contribution is 6.05. The van der Waals surface area contributed by atoms with E-state index in [4.69, 9.17) is 0 Å². The zero-order valence-corrected chi connectivity index (χ0v) is 16.8. The van der Waals surface area contributed by atoms with Gasteiger partial charge in [-0.25, -0.2) is 0 Å². The number of carbonyl (C=O) groups is 5.